The molecule has 0 radical (unpaired) electrons. The molecule has 2 nitrogen and oxygen atoms in total. The number of phenolic OH excluding ortho intramolecular Hbond substituents is 1. The summed E-state index contributed by atoms with van der Waals surface area (Å²) in [5, 5.41) is 9.99. The van der Waals surface area contributed by atoms with E-state index in [2.05, 4.69) is 37.8 Å². The topological polar surface area (TPSA) is 23.5 Å². The number of fused-ring (bicyclic) bond motifs is 4. The molecular weight excluding hydrogens is 294 g/mol. The van der Waals surface area contributed by atoms with E-state index in [-0.39, 0.29) is 5.41 Å². The van der Waals surface area contributed by atoms with Crippen molar-refractivity contribution in [3.8, 4) is 5.75 Å². The predicted octanol–water partition coefficient (Wildman–Crippen LogP) is 5.28. The Kier molecular flexibility index (Phi) is 5.54. The van der Waals surface area contributed by atoms with Crippen LogP contribution in [0.25, 0.3) is 0 Å². The van der Waals surface area contributed by atoms with Crippen molar-refractivity contribution in [2.24, 2.45) is 5.92 Å². The number of hydrogen-bond acceptors (Lipinski definition) is 2. The highest BCUT2D eigenvalue weighted by atomic mass is 16.3. The fourth-order valence-corrected chi connectivity index (χ4v) is 5.43. The van der Waals surface area contributed by atoms with Crippen molar-refractivity contribution in [3.63, 3.8) is 0 Å². The van der Waals surface area contributed by atoms with E-state index in [0.29, 0.717) is 11.8 Å². The number of benzene rings is 1. The Morgan fingerprint density at radius 1 is 1.17 bits per heavy atom. The maximum atomic E-state index is 9.99. The van der Waals surface area contributed by atoms with Gasteiger partial charge in [-0.2, -0.15) is 0 Å². The molecule has 2 heteroatoms. The van der Waals surface area contributed by atoms with Crippen LogP contribution in [0.3, 0.4) is 0 Å². The average molecular weight is 330 g/mol. The Labute approximate surface area is 148 Å². The van der Waals surface area contributed by atoms with Gasteiger partial charge in [-0.05, 0) is 66.9 Å². The zero-order chi connectivity index (χ0) is 17.2. The summed E-state index contributed by atoms with van der Waals surface area (Å²) >= 11 is 0. The van der Waals surface area contributed by atoms with Crippen molar-refractivity contribution < 1.29 is 5.11 Å². The van der Waals surface area contributed by atoms with Crippen molar-refractivity contribution in [1.82, 2.24) is 4.90 Å². The molecule has 1 saturated heterocycles. The number of hydrogen-bond donors (Lipinski definition) is 1. The Bertz CT molecular complexity index is 555. The maximum absolute atomic E-state index is 9.99. The molecule has 0 saturated carbocycles. The van der Waals surface area contributed by atoms with Crippen molar-refractivity contribution in [2.45, 2.75) is 83.6 Å². The minimum absolute atomic E-state index is 0.241. The van der Waals surface area contributed by atoms with Gasteiger partial charge in [0.05, 0.1) is 0 Å². The maximum Gasteiger partial charge on any atom is 0.115 e. The number of likely N-dealkylation sites (tertiary alicyclic amines) is 1. The molecule has 1 N–H and O–H groups in total. The normalized spacial score (nSPS) is 29.5. The summed E-state index contributed by atoms with van der Waals surface area (Å²) in [7, 11) is 0. The lowest BCUT2D eigenvalue weighted by atomic mass is 9.57. The predicted molar refractivity (Wildman–Crippen MR) is 102 cm³/mol. The number of nitrogens with zero attached hydrogens (tertiary/aromatic N) is 1. The van der Waals surface area contributed by atoms with E-state index in [4.69, 9.17) is 0 Å². The quantitative estimate of drug-likeness (QED) is 0.688. The third-order valence-electron chi connectivity index (χ3n) is 6.80. The van der Waals surface area contributed by atoms with Gasteiger partial charge in [0.15, 0.2) is 0 Å². The molecule has 1 fully saturated rings. The van der Waals surface area contributed by atoms with E-state index in [0.717, 1.165) is 5.92 Å². The van der Waals surface area contributed by atoms with Crippen LogP contribution in [0.2, 0.25) is 0 Å². The van der Waals surface area contributed by atoms with Gasteiger partial charge in [-0.1, -0.05) is 58.9 Å². The van der Waals surface area contributed by atoms with Crippen molar-refractivity contribution in [3.05, 3.63) is 29.3 Å². The highest BCUT2D eigenvalue weighted by Crippen LogP contribution is 2.50. The minimum Gasteiger partial charge on any atom is -0.508 e. The molecule has 1 aromatic rings. The standard InChI is InChI=1S/C22H35NO/c1-4-6-7-8-9-13-23-14-12-22(3)19(5-2)21(23)15-17-10-11-18(24)16-20(17)22/h10-11,16,19,21,24H,4-9,12-15H2,1-3H3/t19-,21+,22-/m0/s1. The second kappa shape index (κ2) is 7.47. The van der Waals surface area contributed by atoms with Crippen LogP contribution in [0.1, 0.15) is 76.8 Å². The molecule has 24 heavy (non-hydrogen) atoms. The van der Waals surface area contributed by atoms with Crippen LogP contribution < -0.4 is 0 Å². The Morgan fingerprint density at radius 2 is 1.96 bits per heavy atom. The molecule has 3 rings (SSSR count). The molecule has 2 aliphatic rings. The van der Waals surface area contributed by atoms with Crippen LogP contribution in [-0.2, 0) is 11.8 Å². The fourth-order valence-electron chi connectivity index (χ4n) is 5.43. The van der Waals surface area contributed by atoms with E-state index in [1.807, 2.05) is 6.07 Å². The monoisotopic (exact) mass is 329 g/mol. The van der Waals surface area contributed by atoms with Crippen molar-refractivity contribution in [1.29, 1.82) is 0 Å². The highest BCUT2D eigenvalue weighted by molar-refractivity contribution is 5.44. The smallest absolute Gasteiger partial charge is 0.115 e. The van der Waals surface area contributed by atoms with Crippen molar-refractivity contribution >= 4 is 0 Å². The number of aromatic hydroxyl groups is 1. The summed E-state index contributed by atoms with van der Waals surface area (Å²) in [4.78, 5) is 2.79. The van der Waals surface area contributed by atoms with E-state index in [1.165, 1.54) is 75.6 Å². The van der Waals surface area contributed by atoms with Gasteiger partial charge in [-0.3, -0.25) is 4.90 Å². The first-order valence-electron chi connectivity index (χ1n) is 10.2. The van der Waals surface area contributed by atoms with Crippen LogP contribution in [0, 0.1) is 5.92 Å². The summed E-state index contributed by atoms with van der Waals surface area (Å²) in [6.45, 7) is 9.59. The summed E-state index contributed by atoms with van der Waals surface area (Å²) in [6.07, 6.45) is 10.5. The summed E-state index contributed by atoms with van der Waals surface area (Å²) in [6, 6.07) is 6.79. The van der Waals surface area contributed by atoms with E-state index < -0.39 is 0 Å². The second-order valence-corrected chi connectivity index (χ2v) is 8.25. The molecule has 1 aromatic carbocycles. The van der Waals surface area contributed by atoms with Gasteiger partial charge in [-0.15, -0.1) is 0 Å². The lowest BCUT2D eigenvalue weighted by Crippen LogP contribution is -2.58. The van der Waals surface area contributed by atoms with Gasteiger partial charge in [0.1, 0.15) is 5.75 Å². The van der Waals surface area contributed by atoms with Gasteiger partial charge in [0.2, 0.25) is 0 Å². The summed E-state index contributed by atoms with van der Waals surface area (Å²) in [5.41, 5.74) is 3.14. The van der Waals surface area contributed by atoms with Crippen LogP contribution >= 0.6 is 0 Å². The summed E-state index contributed by atoms with van der Waals surface area (Å²) in [5.74, 6) is 1.15. The SMILES string of the molecule is CCCCCCCN1CC[C@]2(C)c3cc(O)ccc3C[C@@H]1[C@@H]2CC. The molecule has 3 atom stereocenters. The first-order chi connectivity index (χ1) is 11.6. The van der Waals surface area contributed by atoms with Crippen molar-refractivity contribution in [2.75, 3.05) is 13.1 Å². The summed E-state index contributed by atoms with van der Waals surface area (Å²) < 4.78 is 0. The molecule has 0 amide bonds. The molecule has 1 heterocycles. The third kappa shape index (κ3) is 3.22. The number of piperidine rings is 1. The zero-order valence-corrected chi connectivity index (χ0v) is 15.9. The Balaban J connectivity index is 1.75. The average Bonchev–Trinajstić information content (AvgIpc) is 2.57. The van der Waals surface area contributed by atoms with E-state index in [1.54, 1.807) is 0 Å². The molecule has 0 aromatic heterocycles. The number of phenols is 1. The lowest BCUT2D eigenvalue weighted by molar-refractivity contribution is 0.0187. The van der Waals surface area contributed by atoms with E-state index >= 15 is 0 Å². The number of unbranched alkanes of at least 4 members (excludes halogenated alkanes) is 4. The molecule has 2 bridgehead atoms. The van der Waals surface area contributed by atoms with Crippen LogP contribution in [-0.4, -0.2) is 29.1 Å². The zero-order valence-electron chi connectivity index (χ0n) is 15.9. The van der Waals surface area contributed by atoms with Crippen LogP contribution in [0.5, 0.6) is 5.75 Å². The second-order valence-electron chi connectivity index (χ2n) is 8.25. The van der Waals surface area contributed by atoms with Crippen LogP contribution in [0.4, 0.5) is 0 Å². The van der Waals surface area contributed by atoms with Gasteiger partial charge in [0, 0.05) is 6.04 Å². The molecule has 1 aliphatic heterocycles. The minimum atomic E-state index is 0.241. The number of rotatable bonds is 7. The first kappa shape index (κ1) is 17.8. The van der Waals surface area contributed by atoms with Gasteiger partial charge in [0.25, 0.3) is 0 Å². The fraction of sp³-hybridized carbons (Fsp3) is 0.727. The van der Waals surface area contributed by atoms with E-state index in [9.17, 15) is 5.11 Å². The van der Waals surface area contributed by atoms with Gasteiger partial charge >= 0.3 is 0 Å². The third-order valence-corrected chi connectivity index (χ3v) is 6.80. The van der Waals surface area contributed by atoms with Gasteiger partial charge in [-0.25, -0.2) is 0 Å². The Hall–Kier alpha value is -1.02. The van der Waals surface area contributed by atoms with Gasteiger partial charge < -0.3 is 5.11 Å². The molecule has 0 unspecified atom stereocenters. The molecule has 1 aliphatic carbocycles. The lowest BCUT2D eigenvalue weighted by Gasteiger charge is -2.55. The largest absolute Gasteiger partial charge is 0.508 e. The first-order valence-corrected chi connectivity index (χ1v) is 10.2. The molecule has 134 valence electrons. The highest BCUT2D eigenvalue weighted by Gasteiger charge is 2.49. The van der Waals surface area contributed by atoms with Crippen LogP contribution in [0.15, 0.2) is 18.2 Å². The molecule has 0 spiro atoms. The molecular formula is C22H35NO. The Morgan fingerprint density at radius 3 is 2.71 bits per heavy atom.